The van der Waals surface area contributed by atoms with Crippen LogP contribution in [0, 0.1) is 0 Å². The lowest BCUT2D eigenvalue weighted by Gasteiger charge is -2.36. The van der Waals surface area contributed by atoms with Crippen molar-refractivity contribution >= 4 is 23.5 Å². The fourth-order valence-electron chi connectivity index (χ4n) is 4.05. The van der Waals surface area contributed by atoms with Gasteiger partial charge in [-0.25, -0.2) is 4.79 Å². The number of nitrogens with one attached hydrogen (secondary N) is 1. The third kappa shape index (κ3) is 6.69. The van der Waals surface area contributed by atoms with Crippen LogP contribution in [0.15, 0.2) is 91.0 Å². The molecule has 0 saturated carbocycles. The molecule has 0 radical (unpaired) electrons. The Bertz CT molecular complexity index is 1110. The Labute approximate surface area is 205 Å². The Morgan fingerprint density at radius 1 is 0.771 bits per heavy atom. The molecule has 3 aromatic rings. The molecule has 1 saturated heterocycles. The van der Waals surface area contributed by atoms with E-state index in [9.17, 15) is 14.4 Å². The van der Waals surface area contributed by atoms with Gasteiger partial charge in [0.05, 0.1) is 0 Å². The number of amides is 2. The molecule has 7 heteroatoms. The van der Waals surface area contributed by atoms with Crippen LogP contribution in [-0.4, -0.2) is 61.5 Å². The van der Waals surface area contributed by atoms with Gasteiger partial charge >= 0.3 is 5.97 Å². The maximum atomic E-state index is 12.9. The highest BCUT2D eigenvalue weighted by Crippen LogP contribution is 2.15. The zero-order chi connectivity index (χ0) is 24.5. The third-order valence-electron chi connectivity index (χ3n) is 6.00. The number of anilines is 1. The summed E-state index contributed by atoms with van der Waals surface area (Å²) in [6, 6.07) is 27.2. The molecule has 1 heterocycles. The molecule has 0 unspecified atom stereocenters. The molecule has 4 rings (SSSR count). The Morgan fingerprint density at radius 2 is 1.34 bits per heavy atom. The smallest absolute Gasteiger partial charge is 0.329 e. The Balaban J connectivity index is 1.33. The topological polar surface area (TPSA) is 78.9 Å². The molecule has 7 nitrogen and oxygen atoms in total. The molecule has 0 aliphatic carbocycles. The lowest BCUT2D eigenvalue weighted by molar-refractivity contribution is -0.153. The quantitative estimate of drug-likeness (QED) is 0.511. The number of piperazine rings is 1. The van der Waals surface area contributed by atoms with Gasteiger partial charge < -0.3 is 19.9 Å². The zero-order valence-electron chi connectivity index (χ0n) is 19.5. The summed E-state index contributed by atoms with van der Waals surface area (Å²) in [5.74, 6) is -1.24. The largest absolute Gasteiger partial charge is 0.454 e. The third-order valence-corrected chi connectivity index (χ3v) is 6.00. The highest BCUT2D eigenvalue weighted by Gasteiger charge is 2.26. The number of ether oxygens (including phenoxy) is 1. The van der Waals surface area contributed by atoms with Crippen molar-refractivity contribution in [3.8, 4) is 0 Å². The number of benzene rings is 3. The van der Waals surface area contributed by atoms with E-state index >= 15 is 0 Å². The molecule has 180 valence electrons. The molecule has 1 fully saturated rings. The van der Waals surface area contributed by atoms with Gasteiger partial charge in [0.2, 0.25) is 0 Å². The van der Waals surface area contributed by atoms with Gasteiger partial charge in [-0.3, -0.25) is 9.59 Å². The van der Waals surface area contributed by atoms with E-state index < -0.39 is 12.0 Å². The number of nitrogens with zero attached hydrogens (tertiary/aromatic N) is 2. The summed E-state index contributed by atoms with van der Waals surface area (Å²) in [4.78, 5) is 42.3. The van der Waals surface area contributed by atoms with E-state index in [0.717, 1.165) is 11.3 Å². The number of esters is 1. The van der Waals surface area contributed by atoms with Crippen molar-refractivity contribution in [2.75, 3.05) is 37.7 Å². The van der Waals surface area contributed by atoms with Crippen molar-refractivity contribution in [1.29, 1.82) is 0 Å². The lowest BCUT2D eigenvalue weighted by atomic mass is 10.1. The van der Waals surface area contributed by atoms with E-state index in [1.54, 1.807) is 29.2 Å². The number of hydrogen-bond acceptors (Lipinski definition) is 5. The molecule has 1 aliphatic heterocycles. The minimum atomic E-state index is -0.909. The summed E-state index contributed by atoms with van der Waals surface area (Å²) in [5.41, 5.74) is 2.46. The maximum Gasteiger partial charge on any atom is 0.329 e. The van der Waals surface area contributed by atoms with Crippen molar-refractivity contribution in [2.24, 2.45) is 0 Å². The van der Waals surface area contributed by atoms with Crippen LogP contribution >= 0.6 is 0 Å². The van der Waals surface area contributed by atoms with Crippen LogP contribution in [-0.2, 0) is 20.7 Å². The van der Waals surface area contributed by atoms with Crippen LogP contribution in [0.2, 0.25) is 0 Å². The normalized spacial score (nSPS) is 14.2. The molecule has 0 bridgehead atoms. The van der Waals surface area contributed by atoms with Crippen molar-refractivity contribution < 1.29 is 19.1 Å². The van der Waals surface area contributed by atoms with E-state index in [2.05, 4.69) is 22.3 Å². The molecule has 3 aromatic carbocycles. The number of para-hydroxylation sites is 1. The van der Waals surface area contributed by atoms with Gasteiger partial charge in [-0.15, -0.1) is 0 Å². The summed E-state index contributed by atoms with van der Waals surface area (Å²) < 4.78 is 5.38. The second-order valence-electron chi connectivity index (χ2n) is 8.39. The lowest BCUT2D eigenvalue weighted by Crippen LogP contribution is -2.50. The predicted octanol–water partition coefficient (Wildman–Crippen LogP) is 2.92. The molecule has 1 N–H and O–H groups in total. The average Bonchev–Trinajstić information content (AvgIpc) is 2.92. The molecule has 0 spiro atoms. The fraction of sp³-hybridized carbons (Fsp3) is 0.250. The van der Waals surface area contributed by atoms with Crippen LogP contribution in [0.3, 0.4) is 0 Å². The second kappa shape index (κ2) is 11.8. The van der Waals surface area contributed by atoms with Crippen LogP contribution in [0.25, 0.3) is 0 Å². The first-order valence-electron chi connectivity index (χ1n) is 11.7. The van der Waals surface area contributed by atoms with Crippen LogP contribution < -0.4 is 10.2 Å². The minimum Gasteiger partial charge on any atom is -0.454 e. The highest BCUT2D eigenvalue weighted by atomic mass is 16.5. The predicted molar refractivity (Wildman–Crippen MR) is 134 cm³/mol. The van der Waals surface area contributed by atoms with E-state index in [-0.39, 0.29) is 24.8 Å². The minimum absolute atomic E-state index is 0.237. The van der Waals surface area contributed by atoms with E-state index in [1.807, 2.05) is 54.6 Å². The molecular formula is C28H29N3O4. The Kier molecular flexibility index (Phi) is 8.12. The van der Waals surface area contributed by atoms with E-state index in [0.29, 0.717) is 31.7 Å². The highest BCUT2D eigenvalue weighted by molar-refractivity contribution is 5.97. The first-order chi connectivity index (χ1) is 17.1. The van der Waals surface area contributed by atoms with Gasteiger partial charge in [-0.05, 0) is 29.8 Å². The summed E-state index contributed by atoms with van der Waals surface area (Å²) in [5, 5.41) is 2.76. The van der Waals surface area contributed by atoms with Gasteiger partial charge in [0.25, 0.3) is 11.8 Å². The van der Waals surface area contributed by atoms with Crippen molar-refractivity contribution in [1.82, 2.24) is 10.2 Å². The first-order valence-corrected chi connectivity index (χ1v) is 11.7. The fourth-order valence-corrected chi connectivity index (χ4v) is 4.05. The SMILES string of the molecule is O=C(N[C@H](Cc1ccccc1)C(=O)OCC(=O)N1CCN(c2ccccc2)CC1)c1ccccc1. The van der Waals surface area contributed by atoms with Gasteiger partial charge in [0.15, 0.2) is 6.61 Å². The first kappa shape index (κ1) is 24.0. The summed E-state index contributed by atoms with van der Waals surface area (Å²) in [6.07, 6.45) is 0.266. The summed E-state index contributed by atoms with van der Waals surface area (Å²) in [6.45, 7) is 2.20. The number of hydrogen-bond donors (Lipinski definition) is 1. The van der Waals surface area contributed by atoms with Crippen molar-refractivity contribution in [3.63, 3.8) is 0 Å². The average molecular weight is 472 g/mol. The number of carbonyl (C=O) groups is 3. The van der Waals surface area contributed by atoms with Crippen molar-refractivity contribution in [2.45, 2.75) is 12.5 Å². The molecule has 35 heavy (non-hydrogen) atoms. The van der Waals surface area contributed by atoms with Gasteiger partial charge in [-0.1, -0.05) is 66.7 Å². The molecule has 2 amide bonds. The van der Waals surface area contributed by atoms with E-state index in [1.165, 1.54) is 0 Å². The van der Waals surface area contributed by atoms with Gasteiger partial charge in [0.1, 0.15) is 6.04 Å². The number of carbonyl (C=O) groups excluding carboxylic acids is 3. The Morgan fingerprint density at radius 3 is 1.97 bits per heavy atom. The molecule has 1 aliphatic rings. The van der Waals surface area contributed by atoms with Crippen LogP contribution in [0.5, 0.6) is 0 Å². The van der Waals surface area contributed by atoms with Gasteiger partial charge in [0, 0.05) is 43.9 Å². The second-order valence-corrected chi connectivity index (χ2v) is 8.39. The summed E-state index contributed by atoms with van der Waals surface area (Å²) >= 11 is 0. The molecule has 0 aromatic heterocycles. The zero-order valence-corrected chi connectivity index (χ0v) is 19.5. The number of rotatable bonds is 8. The maximum absolute atomic E-state index is 12.9. The van der Waals surface area contributed by atoms with E-state index in [4.69, 9.17) is 4.74 Å². The van der Waals surface area contributed by atoms with Gasteiger partial charge in [-0.2, -0.15) is 0 Å². The molecule has 1 atom stereocenters. The van der Waals surface area contributed by atoms with Crippen LogP contribution in [0.1, 0.15) is 15.9 Å². The summed E-state index contributed by atoms with van der Waals surface area (Å²) in [7, 11) is 0. The van der Waals surface area contributed by atoms with Crippen molar-refractivity contribution in [3.05, 3.63) is 102 Å². The Hall–Kier alpha value is -4.13. The standard InChI is InChI=1S/C28H29N3O4/c32-26(31-18-16-30(17-19-31)24-14-8-3-9-15-24)21-35-28(34)25(20-22-10-4-1-5-11-22)29-27(33)23-12-6-2-7-13-23/h1-15,25H,16-21H2,(H,29,33)/t25-/m1/s1. The molecular weight excluding hydrogens is 442 g/mol. The monoisotopic (exact) mass is 471 g/mol. The van der Waals surface area contributed by atoms with Crippen LogP contribution in [0.4, 0.5) is 5.69 Å².